The van der Waals surface area contributed by atoms with Gasteiger partial charge in [0.1, 0.15) is 0 Å². The van der Waals surface area contributed by atoms with Crippen molar-refractivity contribution in [3.05, 3.63) is 23.7 Å². The van der Waals surface area contributed by atoms with Crippen LogP contribution in [0.15, 0.2) is 16.5 Å². The van der Waals surface area contributed by atoms with Crippen LogP contribution in [0.5, 0.6) is 0 Å². The topological polar surface area (TPSA) is 80.0 Å². The minimum absolute atomic E-state index is 0.0481. The molecule has 0 saturated carbocycles. The molecule has 0 aromatic carbocycles. The fourth-order valence-corrected chi connectivity index (χ4v) is 1.48. The maximum absolute atomic E-state index is 11.7. The summed E-state index contributed by atoms with van der Waals surface area (Å²) in [6, 6.07) is 2.63. The number of likely N-dealkylation sites (tertiary alicyclic amines) is 1. The monoisotopic (exact) mass is 225 g/mol. The third-order valence-electron chi connectivity index (χ3n) is 2.50. The van der Waals surface area contributed by atoms with E-state index in [0.29, 0.717) is 13.1 Å². The van der Waals surface area contributed by atoms with Crippen molar-refractivity contribution in [1.29, 1.82) is 0 Å². The minimum atomic E-state index is -1.18. The summed E-state index contributed by atoms with van der Waals surface area (Å²) in [4.78, 5) is 23.8. The molecule has 2 rings (SSSR count). The molecule has 1 amide bonds. The number of carboxylic acid groups (broad SMARTS) is 1. The average molecular weight is 225 g/mol. The highest BCUT2D eigenvalue weighted by molar-refractivity contribution is 5.94. The molecule has 6 heteroatoms. The van der Waals surface area contributed by atoms with Crippen molar-refractivity contribution in [1.82, 2.24) is 4.90 Å². The Morgan fingerprint density at radius 3 is 2.56 bits per heavy atom. The molecule has 6 nitrogen and oxygen atoms in total. The number of hydrogen-bond donors (Lipinski definition) is 1. The summed E-state index contributed by atoms with van der Waals surface area (Å²) in [5.41, 5.74) is 0. The van der Waals surface area contributed by atoms with Gasteiger partial charge in [-0.1, -0.05) is 0 Å². The minimum Gasteiger partial charge on any atom is -0.475 e. The predicted molar refractivity (Wildman–Crippen MR) is 52.4 cm³/mol. The van der Waals surface area contributed by atoms with Crippen molar-refractivity contribution in [3.63, 3.8) is 0 Å². The number of carbonyl (C=O) groups excluding carboxylic acids is 1. The molecule has 1 aromatic rings. The Labute approximate surface area is 91.4 Å². The molecule has 0 atom stereocenters. The molecule has 1 aliphatic rings. The molecular weight excluding hydrogens is 214 g/mol. The number of ether oxygens (including phenoxy) is 1. The van der Waals surface area contributed by atoms with Crippen LogP contribution < -0.4 is 0 Å². The van der Waals surface area contributed by atoms with Gasteiger partial charge in [-0.3, -0.25) is 4.79 Å². The first kappa shape index (κ1) is 10.7. The molecule has 1 aromatic heterocycles. The summed E-state index contributed by atoms with van der Waals surface area (Å²) in [6.45, 7) is 1.02. The first-order valence-electron chi connectivity index (χ1n) is 4.77. The number of carboxylic acids is 1. The Balaban J connectivity index is 2.02. The van der Waals surface area contributed by atoms with Gasteiger partial charge >= 0.3 is 5.97 Å². The first-order valence-corrected chi connectivity index (χ1v) is 4.77. The fourth-order valence-electron chi connectivity index (χ4n) is 1.48. The summed E-state index contributed by atoms with van der Waals surface area (Å²) in [7, 11) is 1.59. The van der Waals surface area contributed by atoms with Crippen molar-refractivity contribution in [2.45, 2.75) is 6.10 Å². The lowest BCUT2D eigenvalue weighted by Gasteiger charge is -2.37. The molecule has 1 fully saturated rings. The number of hydrogen-bond acceptors (Lipinski definition) is 4. The number of carbonyl (C=O) groups is 2. The van der Waals surface area contributed by atoms with Gasteiger partial charge in [0.05, 0.1) is 6.10 Å². The van der Waals surface area contributed by atoms with E-state index >= 15 is 0 Å². The quantitative estimate of drug-likeness (QED) is 0.807. The van der Waals surface area contributed by atoms with Crippen molar-refractivity contribution < 1.29 is 23.8 Å². The van der Waals surface area contributed by atoms with Crippen LogP contribution in [-0.2, 0) is 4.74 Å². The van der Waals surface area contributed by atoms with E-state index in [1.807, 2.05) is 0 Å². The molecule has 0 radical (unpaired) electrons. The first-order chi connectivity index (χ1) is 7.61. The number of amides is 1. The molecule has 0 spiro atoms. The average Bonchev–Trinajstić information content (AvgIpc) is 2.64. The van der Waals surface area contributed by atoms with Crippen molar-refractivity contribution >= 4 is 11.9 Å². The van der Waals surface area contributed by atoms with Crippen LogP contribution in [0.2, 0.25) is 0 Å². The lowest BCUT2D eigenvalue weighted by molar-refractivity contribution is -0.0206. The molecule has 0 aliphatic carbocycles. The molecule has 2 heterocycles. The van der Waals surface area contributed by atoms with Crippen LogP contribution in [0.1, 0.15) is 21.1 Å². The van der Waals surface area contributed by atoms with Crippen LogP contribution in [0.4, 0.5) is 0 Å². The largest absolute Gasteiger partial charge is 0.475 e. The van der Waals surface area contributed by atoms with Gasteiger partial charge in [0, 0.05) is 20.2 Å². The normalized spacial score (nSPS) is 15.9. The van der Waals surface area contributed by atoms with E-state index in [4.69, 9.17) is 14.3 Å². The maximum Gasteiger partial charge on any atom is 0.371 e. The molecule has 16 heavy (non-hydrogen) atoms. The highest BCUT2D eigenvalue weighted by Crippen LogP contribution is 2.17. The zero-order valence-electron chi connectivity index (χ0n) is 8.67. The van der Waals surface area contributed by atoms with Crippen molar-refractivity contribution in [3.8, 4) is 0 Å². The molecule has 0 unspecified atom stereocenters. The third-order valence-corrected chi connectivity index (χ3v) is 2.50. The SMILES string of the molecule is COC1CN(C(=O)c2ccc(C(=O)O)o2)C1. The zero-order valence-corrected chi connectivity index (χ0v) is 8.67. The Morgan fingerprint density at radius 2 is 2.06 bits per heavy atom. The Kier molecular flexibility index (Phi) is 2.66. The molecule has 1 N–H and O–H groups in total. The summed E-state index contributed by atoms with van der Waals surface area (Å²) in [5.74, 6) is -1.67. The van der Waals surface area contributed by atoms with Gasteiger partial charge in [-0.05, 0) is 12.1 Å². The second kappa shape index (κ2) is 3.97. The van der Waals surface area contributed by atoms with E-state index in [0.717, 1.165) is 0 Å². The van der Waals surface area contributed by atoms with E-state index in [1.54, 1.807) is 12.0 Å². The Bertz CT molecular complexity index is 419. The van der Waals surface area contributed by atoms with Crippen LogP contribution in [0.3, 0.4) is 0 Å². The maximum atomic E-state index is 11.7. The van der Waals surface area contributed by atoms with Gasteiger partial charge in [-0.25, -0.2) is 4.79 Å². The zero-order chi connectivity index (χ0) is 11.7. The van der Waals surface area contributed by atoms with E-state index < -0.39 is 5.97 Å². The molecule has 1 aliphatic heterocycles. The molecular formula is C10H11NO5. The second-order valence-electron chi connectivity index (χ2n) is 3.54. The molecule has 0 bridgehead atoms. The van der Waals surface area contributed by atoms with Crippen molar-refractivity contribution in [2.24, 2.45) is 0 Å². The number of rotatable bonds is 3. The predicted octanol–water partition coefficient (Wildman–Crippen LogP) is 0.449. The fraction of sp³-hybridized carbons (Fsp3) is 0.400. The smallest absolute Gasteiger partial charge is 0.371 e. The van der Waals surface area contributed by atoms with Crippen molar-refractivity contribution in [2.75, 3.05) is 20.2 Å². The van der Waals surface area contributed by atoms with Crippen LogP contribution in [0.25, 0.3) is 0 Å². The summed E-state index contributed by atoms with van der Waals surface area (Å²) in [5, 5.41) is 8.63. The Hall–Kier alpha value is -1.82. The van der Waals surface area contributed by atoms with Gasteiger partial charge < -0.3 is 19.2 Å². The highest BCUT2D eigenvalue weighted by atomic mass is 16.5. The summed E-state index contributed by atoms with van der Waals surface area (Å²) < 4.78 is 9.93. The van der Waals surface area contributed by atoms with Gasteiger partial charge in [0.2, 0.25) is 5.76 Å². The molecule has 86 valence electrons. The molecule has 1 saturated heterocycles. The van der Waals surface area contributed by atoms with Gasteiger partial charge in [0.15, 0.2) is 5.76 Å². The van der Waals surface area contributed by atoms with E-state index in [9.17, 15) is 9.59 Å². The van der Waals surface area contributed by atoms with E-state index in [1.165, 1.54) is 12.1 Å². The number of nitrogens with zero attached hydrogens (tertiary/aromatic N) is 1. The standard InChI is InChI=1S/C10H11NO5/c1-15-6-4-11(5-6)9(12)7-2-3-8(16-7)10(13)14/h2-3,6H,4-5H2,1H3,(H,13,14). The lowest BCUT2D eigenvalue weighted by Crippen LogP contribution is -2.54. The summed E-state index contributed by atoms with van der Waals surface area (Å²) >= 11 is 0. The van der Waals surface area contributed by atoms with Gasteiger partial charge in [-0.2, -0.15) is 0 Å². The number of furan rings is 1. The van der Waals surface area contributed by atoms with E-state index in [2.05, 4.69) is 0 Å². The van der Waals surface area contributed by atoms with Gasteiger partial charge in [-0.15, -0.1) is 0 Å². The Morgan fingerprint density at radius 1 is 1.44 bits per heavy atom. The summed E-state index contributed by atoms with van der Waals surface area (Å²) in [6.07, 6.45) is 0.0675. The third kappa shape index (κ3) is 1.79. The lowest BCUT2D eigenvalue weighted by atomic mass is 10.1. The van der Waals surface area contributed by atoms with Gasteiger partial charge in [0.25, 0.3) is 5.91 Å². The van der Waals surface area contributed by atoms with Crippen LogP contribution in [-0.4, -0.2) is 48.2 Å². The van der Waals surface area contributed by atoms with Crippen LogP contribution >= 0.6 is 0 Å². The van der Waals surface area contributed by atoms with Crippen LogP contribution in [0, 0.1) is 0 Å². The van der Waals surface area contributed by atoms with E-state index in [-0.39, 0.29) is 23.5 Å². The number of methoxy groups -OCH3 is 1. The second-order valence-corrected chi connectivity index (χ2v) is 3.54. The highest BCUT2D eigenvalue weighted by Gasteiger charge is 2.32. The number of aromatic carboxylic acids is 1.